The van der Waals surface area contributed by atoms with Crippen LogP contribution in [0.2, 0.25) is 0 Å². The molecule has 0 spiro atoms. The zero-order chi connectivity index (χ0) is 16.4. The summed E-state index contributed by atoms with van der Waals surface area (Å²) in [4.78, 5) is 0. The summed E-state index contributed by atoms with van der Waals surface area (Å²) in [5, 5.41) is 7.27. The van der Waals surface area contributed by atoms with Crippen LogP contribution in [-0.4, -0.2) is 10.7 Å². The van der Waals surface area contributed by atoms with Gasteiger partial charge in [-0.2, -0.15) is 0 Å². The summed E-state index contributed by atoms with van der Waals surface area (Å²) in [6.07, 6.45) is 0.852. The van der Waals surface area contributed by atoms with E-state index in [0.29, 0.717) is 5.11 Å². The molecule has 1 aliphatic heterocycles. The van der Waals surface area contributed by atoms with E-state index in [0.717, 1.165) is 27.9 Å². The minimum Gasteiger partial charge on any atom is -0.487 e. The number of thiocarbonyl (C=S) groups is 1. The predicted octanol–water partition coefficient (Wildman–Crippen LogP) is 5.04. The Balaban J connectivity index is 1.75. The number of para-hydroxylation sites is 1. The lowest BCUT2D eigenvalue weighted by Gasteiger charge is -2.38. The molecule has 3 nitrogen and oxygen atoms in total. The van der Waals surface area contributed by atoms with E-state index in [9.17, 15) is 0 Å². The normalized spacial score (nSPS) is 18.5. The molecule has 0 bridgehead atoms. The number of nitrogens with one attached hydrogen (secondary N) is 2. The van der Waals surface area contributed by atoms with Crippen LogP contribution >= 0.6 is 28.1 Å². The molecule has 0 saturated heterocycles. The summed E-state index contributed by atoms with van der Waals surface area (Å²) in [7, 11) is 0. The molecule has 1 aliphatic rings. The quantitative estimate of drug-likeness (QED) is 0.703. The summed E-state index contributed by atoms with van der Waals surface area (Å²) < 4.78 is 7.07. The van der Waals surface area contributed by atoms with Gasteiger partial charge < -0.3 is 15.4 Å². The fourth-order valence-electron chi connectivity index (χ4n) is 2.82. The molecule has 0 unspecified atom stereocenters. The van der Waals surface area contributed by atoms with Gasteiger partial charge in [0.2, 0.25) is 0 Å². The van der Waals surface area contributed by atoms with Crippen molar-refractivity contribution in [1.82, 2.24) is 5.32 Å². The fourth-order valence-corrected chi connectivity index (χ4v) is 3.48. The molecule has 2 aromatic carbocycles. The Kier molecular flexibility index (Phi) is 4.60. The number of ether oxygens (including phenoxy) is 1. The molecule has 1 heterocycles. The Morgan fingerprint density at radius 2 is 2.00 bits per heavy atom. The van der Waals surface area contributed by atoms with Gasteiger partial charge in [-0.3, -0.25) is 0 Å². The molecule has 1 atom stereocenters. The maximum absolute atomic E-state index is 6.06. The van der Waals surface area contributed by atoms with Crippen LogP contribution in [0.1, 0.15) is 31.9 Å². The fraction of sp³-hybridized carbons (Fsp3) is 0.278. The lowest BCUT2D eigenvalue weighted by molar-refractivity contribution is 0.0697. The van der Waals surface area contributed by atoms with Crippen LogP contribution in [-0.2, 0) is 0 Å². The molecule has 0 aliphatic carbocycles. The molecule has 2 aromatic rings. The average Bonchev–Trinajstić information content (AvgIpc) is 2.46. The number of fused-ring (bicyclic) bond motifs is 1. The van der Waals surface area contributed by atoms with Gasteiger partial charge >= 0.3 is 0 Å². The smallest absolute Gasteiger partial charge is 0.171 e. The van der Waals surface area contributed by atoms with Gasteiger partial charge in [0.1, 0.15) is 11.4 Å². The first-order valence-corrected chi connectivity index (χ1v) is 8.74. The van der Waals surface area contributed by atoms with Gasteiger partial charge in [-0.05, 0) is 50.3 Å². The van der Waals surface area contributed by atoms with E-state index >= 15 is 0 Å². The van der Waals surface area contributed by atoms with Crippen molar-refractivity contribution in [3.63, 3.8) is 0 Å². The number of hydrogen-bond acceptors (Lipinski definition) is 2. The SMILES string of the molecule is CC1(C)C[C@H](NC(=S)Nc2cccc(Br)c2)c2ccccc2O1. The summed E-state index contributed by atoms with van der Waals surface area (Å²) in [6, 6.07) is 16.2. The Hall–Kier alpha value is -1.59. The van der Waals surface area contributed by atoms with Crippen molar-refractivity contribution in [3.8, 4) is 5.75 Å². The molecule has 3 rings (SSSR count). The van der Waals surface area contributed by atoms with Gasteiger partial charge in [-0.15, -0.1) is 0 Å². The minimum absolute atomic E-state index is 0.127. The van der Waals surface area contributed by atoms with Crippen LogP contribution in [0.3, 0.4) is 0 Å². The number of anilines is 1. The topological polar surface area (TPSA) is 33.3 Å². The standard InChI is InChI=1S/C18H19BrN2OS/c1-18(2)11-15(14-8-3-4-9-16(14)22-18)21-17(23)20-13-7-5-6-12(19)10-13/h3-10,15H,11H2,1-2H3,(H2,20,21,23)/t15-/m0/s1. The number of benzene rings is 2. The van der Waals surface area contributed by atoms with E-state index in [1.54, 1.807) is 0 Å². The van der Waals surface area contributed by atoms with Gasteiger partial charge in [0.05, 0.1) is 6.04 Å². The monoisotopic (exact) mass is 390 g/mol. The third kappa shape index (κ3) is 4.03. The first-order valence-electron chi connectivity index (χ1n) is 7.54. The summed E-state index contributed by atoms with van der Waals surface area (Å²) >= 11 is 8.95. The van der Waals surface area contributed by atoms with E-state index in [1.807, 2.05) is 42.5 Å². The highest BCUT2D eigenvalue weighted by Gasteiger charge is 2.33. The van der Waals surface area contributed by atoms with Crippen LogP contribution < -0.4 is 15.4 Å². The van der Waals surface area contributed by atoms with Gasteiger partial charge in [-0.25, -0.2) is 0 Å². The molecular weight excluding hydrogens is 372 g/mol. The highest BCUT2D eigenvalue weighted by molar-refractivity contribution is 9.10. The largest absolute Gasteiger partial charge is 0.487 e. The van der Waals surface area contributed by atoms with Crippen LogP contribution in [0, 0.1) is 0 Å². The maximum atomic E-state index is 6.06. The van der Waals surface area contributed by atoms with Gasteiger partial charge in [0.25, 0.3) is 0 Å². The number of halogens is 1. The van der Waals surface area contributed by atoms with Crippen molar-refractivity contribution >= 4 is 38.9 Å². The Morgan fingerprint density at radius 1 is 1.22 bits per heavy atom. The number of rotatable bonds is 2. The lowest BCUT2D eigenvalue weighted by atomic mass is 9.90. The molecule has 0 amide bonds. The average molecular weight is 391 g/mol. The van der Waals surface area contributed by atoms with Gasteiger partial charge in [-0.1, -0.05) is 40.2 Å². The van der Waals surface area contributed by atoms with Crippen molar-refractivity contribution in [2.24, 2.45) is 0 Å². The van der Waals surface area contributed by atoms with E-state index in [-0.39, 0.29) is 11.6 Å². The van der Waals surface area contributed by atoms with Crippen molar-refractivity contribution in [2.45, 2.75) is 31.9 Å². The minimum atomic E-state index is -0.225. The zero-order valence-electron chi connectivity index (χ0n) is 13.1. The predicted molar refractivity (Wildman–Crippen MR) is 102 cm³/mol. The molecule has 23 heavy (non-hydrogen) atoms. The van der Waals surface area contributed by atoms with E-state index < -0.39 is 0 Å². The van der Waals surface area contributed by atoms with Crippen molar-refractivity contribution in [3.05, 3.63) is 58.6 Å². The molecule has 0 aromatic heterocycles. The third-order valence-electron chi connectivity index (χ3n) is 3.76. The Bertz CT molecular complexity index is 732. The summed E-state index contributed by atoms with van der Waals surface area (Å²) in [6.45, 7) is 4.20. The zero-order valence-corrected chi connectivity index (χ0v) is 15.5. The van der Waals surface area contributed by atoms with E-state index in [1.165, 1.54) is 0 Å². The second kappa shape index (κ2) is 6.49. The van der Waals surface area contributed by atoms with Gasteiger partial charge in [0, 0.05) is 22.1 Å². The van der Waals surface area contributed by atoms with Crippen LogP contribution in [0.25, 0.3) is 0 Å². The second-order valence-electron chi connectivity index (χ2n) is 6.27. The number of hydrogen-bond donors (Lipinski definition) is 2. The molecular formula is C18H19BrN2OS. The summed E-state index contributed by atoms with van der Waals surface area (Å²) in [5.74, 6) is 0.923. The first kappa shape index (κ1) is 16.3. The Labute approximate surface area is 150 Å². The molecule has 2 N–H and O–H groups in total. The van der Waals surface area contributed by atoms with E-state index in [2.05, 4.69) is 46.5 Å². The lowest BCUT2D eigenvalue weighted by Crippen LogP contribution is -2.42. The van der Waals surface area contributed by atoms with Crippen molar-refractivity contribution < 1.29 is 4.74 Å². The molecule has 5 heteroatoms. The van der Waals surface area contributed by atoms with E-state index in [4.69, 9.17) is 17.0 Å². The highest BCUT2D eigenvalue weighted by Crippen LogP contribution is 2.39. The molecule has 120 valence electrons. The van der Waals surface area contributed by atoms with Crippen molar-refractivity contribution in [2.75, 3.05) is 5.32 Å². The Morgan fingerprint density at radius 3 is 2.78 bits per heavy atom. The molecule has 0 fully saturated rings. The maximum Gasteiger partial charge on any atom is 0.171 e. The van der Waals surface area contributed by atoms with Crippen molar-refractivity contribution in [1.29, 1.82) is 0 Å². The second-order valence-corrected chi connectivity index (χ2v) is 7.59. The highest BCUT2D eigenvalue weighted by atomic mass is 79.9. The van der Waals surface area contributed by atoms with Crippen LogP contribution in [0.5, 0.6) is 5.75 Å². The van der Waals surface area contributed by atoms with Crippen LogP contribution in [0.15, 0.2) is 53.0 Å². The van der Waals surface area contributed by atoms with Gasteiger partial charge in [0.15, 0.2) is 5.11 Å². The first-order chi connectivity index (χ1) is 10.9. The molecule has 0 saturated carbocycles. The third-order valence-corrected chi connectivity index (χ3v) is 4.48. The molecule has 0 radical (unpaired) electrons. The van der Waals surface area contributed by atoms with Crippen LogP contribution in [0.4, 0.5) is 5.69 Å². The summed E-state index contributed by atoms with van der Waals surface area (Å²) in [5.41, 5.74) is 1.87.